The van der Waals surface area contributed by atoms with Gasteiger partial charge < -0.3 is 5.11 Å². The smallest absolute Gasteiger partial charge is 0.307 e. The van der Waals surface area contributed by atoms with Crippen molar-refractivity contribution in [2.45, 2.75) is 19.3 Å². The summed E-state index contributed by atoms with van der Waals surface area (Å²) >= 11 is 0. The predicted octanol–water partition coefficient (Wildman–Crippen LogP) is 1.74. The fourth-order valence-electron chi connectivity index (χ4n) is 0.988. The van der Waals surface area contributed by atoms with E-state index in [1.165, 1.54) is 0 Å². The molecule has 2 heteroatoms. The monoisotopic (exact) mass is 138 g/mol. The lowest BCUT2D eigenvalue weighted by Crippen LogP contribution is -1.97. The van der Waals surface area contributed by atoms with E-state index in [1.54, 1.807) is 0 Å². The normalized spacial score (nSPS) is 16.6. The van der Waals surface area contributed by atoms with Crippen LogP contribution in [0.15, 0.2) is 23.8 Å². The molecular weight excluding hydrogens is 128 g/mol. The van der Waals surface area contributed by atoms with E-state index >= 15 is 0 Å². The third-order valence-electron chi connectivity index (χ3n) is 1.47. The summed E-state index contributed by atoms with van der Waals surface area (Å²) in [5.74, 6) is -0.735. The third-order valence-corrected chi connectivity index (χ3v) is 1.47. The second-order valence-corrected chi connectivity index (χ2v) is 2.34. The quantitative estimate of drug-likeness (QED) is 0.590. The fourth-order valence-corrected chi connectivity index (χ4v) is 0.988. The lowest BCUT2D eigenvalue weighted by molar-refractivity contribution is -0.136. The average Bonchev–Trinajstić information content (AvgIpc) is 1.88. The van der Waals surface area contributed by atoms with Crippen LogP contribution >= 0.6 is 0 Å². The molecule has 0 saturated carbocycles. The molecule has 0 heterocycles. The van der Waals surface area contributed by atoms with Crippen molar-refractivity contribution >= 4 is 5.97 Å². The summed E-state index contributed by atoms with van der Waals surface area (Å²) in [5, 5.41) is 8.40. The molecule has 0 unspecified atom stereocenters. The summed E-state index contributed by atoms with van der Waals surface area (Å²) in [7, 11) is 0. The first-order valence-corrected chi connectivity index (χ1v) is 3.34. The molecule has 1 N–H and O–H groups in total. The number of carboxylic acids is 1. The molecule has 1 aliphatic rings. The van der Waals surface area contributed by atoms with Crippen LogP contribution < -0.4 is 0 Å². The maximum Gasteiger partial charge on any atom is 0.307 e. The largest absolute Gasteiger partial charge is 0.481 e. The van der Waals surface area contributed by atoms with Crippen LogP contribution in [0, 0.1) is 0 Å². The topological polar surface area (TPSA) is 37.3 Å². The van der Waals surface area contributed by atoms with E-state index < -0.39 is 5.97 Å². The van der Waals surface area contributed by atoms with Gasteiger partial charge >= 0.3 is 5.97 Å². The van der Waals surface area contributed by atoms with E-state index in [0.29, 0.717) is 0 Å². The van der Waals surface area contributed by atoms with Gasteiger partial charge in [-0.05, 0) is 12.8 Å². The standard InChI is InChI=1S/C8H10O2/c9-8(10)6-7-4-2-1-3-5-7/h1-2,5H,3-4,6H2,(H,9,10). The van der Waals surface area contributed by atoms with Gasteiger partial charge in [-0.3, -0.25) is 4.79 Å². The van der Waals surface area contributed by atoms with Gasteiger partial charge in [0.2, 0.25) is 0 Å². The van der Waals surface area contributed by atoms with E-state index in [4.69, 9.17) is 5.11 Å². The van der Waals surface area contributed by atoms with Gasteiger partial charge in [0.05, 0.1) is 6.42 Å². The SMILES string of the molecule is O=C(O)CC1=CCC=CC1. The summed E-state index contributed by atoms with van der Waals surface area (Å²) in [4.78, 5) is 10.2. The van der Waals surface area contributed by atoms with E-state index in [-0.39, 0.29) is 6.42 Å². The Morgan fingerprint density at radius 2 is 2.40 bits per heavy atom. The molecule has 1 aliphatic carbocycles. The Morgan fingerprint density at radius 1 is 1.60 bits per heavy atom. The van der Waals surface area contributed by atoms with Crippen molar-refractivity contribution in [1.82, 2.24) is 0 Å². The second kappa shape index (κ2) is 3.20. The molecule has 0 aromatic heterocycles. The van der Waals surface area contributed by atoms with Crippen LogP contribution in [0.25, 0.3) is 0 Å². The first kappa shape index (κ1) is 7.06. The summed E-state index contributed by atoms with van der Waals surface area (Å²) in [6.07, 6.45) is 7.94. The lowest BCUT2D eigenvalue weighted by atomic mass is 10.0. The van der Waals surface area contributed by atoms with Crippen LogP contribution in [0.4, 0.5) is 0 Å². The van der Waals surface area contributed by atoms with Crippen molar-refractivity contribution in [2.75, 3.05) is 0 Å². The highest BCUT2D eigenvalue weighted by molar-refractivity contribution is 5.70. The molecule has 0 aromatic carbocycles. The Labute approximate surface area is 59.9 Å². The van der Waals surface area contributed by atoms with Crippen LogP contribution in [0.2, 0.25) is 0 Å². The lowest BCUT2D eigenvalue weighted by Gasteiger charge is -2.03. The Bertz CT molecular complexity index is 189. The van der Waals surface area contributed by atoms with Gasteiger partial charge in [-0.2, -0.15) is 0 Å². The van der Waals surface area contributed by atoms with E-state index in [2.05, 4.69) is 0 Å². The van der Waals surface area contributed by atoms with E-state index in [1.807, 2.05) is 18.2 Å². The first-order valence-electron chi connectivity index (χ1n) is 3.34. The predicted molar refractivity (Wildman–Crippen MR) is 38.7 cm³/mol. The zero-order valence-corrected chi connectivity index (χ0v) is 5.71. The molecule has 0 spiro atoms. The maximum absolute atomic E-state index is 10.2. The summed E-state index contributed by atoms with van der Waals surface area (Å²) < 4.78 is 0. The van der Waals surface area contributed by atoms with E-state index in [0.717, 1.165) is 18.4 Å². The number of hydrogen-bond acceptors (Lipinski definition) is 1. The molecule has 2 nitrogen and oxygen atoms in total. The van der Waals surface area contributed by atoms with Crippen molar-refractivity contribution in [1.29, 1.82) is 0 Å². The van der Waals surface area contributed by atoms with Crippen LogP contribution in [0.5, 0.6) is 0 Å². The van der Waals surface area contributed by atoms with Crippen molar-refractivity contribution < 1.29 is 9.90 Å². The molecule has 54 valence electrons. The molecule has 0 saturated heterocycles. The van der Waals surface area contributed by atoms with Crippen LogP contribution in [0.3, 0.4) is 0 Å². The van der Waals surface area contributed by atoms with Gasteiger partial charge in [-0.15, -0.1) is 0 Å². The molecule has 0 atom stereocenters. The summed E-state index contributed by atoms with van der Waals surface area (Å²) in [6.45, 7) is 0. The van der Waals surface area contributed by atoms with Gasteiger partial charge in [-0.1, -0.05) is 23.8 Å². The Balaban J connectivity index is 2.41. The number of carbonyl (C=O) groups is 1. The van der Waals surface area contributed by atoms with E-state index in [9.17, 15) is 4.79 Å². The number of rotatable bonds is 2. The van der Waals surface area contributed by atoms with Gasteiger partial charge in [-0.25, -0.2) is 0 Å². The first-order chi connectivity index (χ1) is 4.79. The van der Waals surface area contributed by atoms with Gasteiger partial charge in [0.25, 0.3) is 0 Å². The minimum absolute atomic E-state index is 0.199. The zero-order chi connectivity index (χ0) is 7.40. The van der Waals surface area contributed by atoms with Gasteiger partial charge in [0, 0.05) is 0 Å². The number of carboxylic acid groups (broad SMARTS) is 1. The van der Waals surface area contributed by atoms with Gasteiger partial charge in [0.15, 0.2) is 0 Å². The van der Waals surface area contributed by atoms with Crippen molar-refractivity contribution in [3.63, 3.8) is 0 Å². The van der Waals surface area contributed by atoms with Crippen LogP contribution in [-0.4, -0.2) is 11.1 Å². The van der Waals surface area contributed by atoms with Crippen molar-refractivity contribution in [3.05, 3.63) is 23.8 Å². The zero-order valence-electron chi connectivity index (χ0n) is 5.71. The molecule has 0 fully saturated rings. The molecule has 0 aromatic rings. The molecule has 0 amide bonds. The van der Waals surface area contributed by atoms with Crippen molar-refractivity contribution in [3.8, 4) is 0 Å². The molecule has 10 heavy (non-hydrogen) atoms. The molecule has 0 radical (unpaired) electrons. The molecular formula is C8H10O2. The highest BCUT2D eigenvalue weighted by Crippen LogP contribution is 2.13. The number of hydrogen-bond donors (Lipinski definition) is 1. The molecule has 0 bridgehead atoms. The van der Waals surface area contributed by atoms with Crippen LogP contribution in [-0.2, 0) is 4.79 Å². The summed E-state index contributed by atoms with van der Waals surface area (Å²) in [6, 6.07) is 0. The summed E-state index contributed by atoms with van der Waals surface area (Å²) in [5.41, 5.74) is 1.02. The minimum atomic E-state index is -0.735. The Hall–Kier alpha value is -1.05. The average molecular weight is 138 g/mol. The Morgan fingerprint density at radius 3 is 2.90 bits per heavy atom. The second-order valence-electron chi connectivity index (χ2n) is 2.34. The highest BCUT2D eigenvalue weighted by atomic mass is 16.4. The molecule has 1 rings (SSSR count). The Kier molecular flexibility index (Phi) is 2.26. The van der Waals surface area contributed by atoms with Crippen LogP contribution in [0.1, 0.15) is 19.3 Å². The maximum atomic E-state index is 10.2. The van der Waals surface area contributed by atoms with Crippen molar-refractivity contribution in [2.24, 2.45) is 0 Å². The van der Waals surface area contributed by atoms with Gasteiger partial charge in [0.1, 0.15) is 0 Å². The minimum Gasteiger partial charge on any atom is -0.481 e. The third kappa shape index (κ3) is 2.05. The fraction of sp³-hybridized carbons (Fsp3) is 0.375. The number of aliphatic carboxylic acids is 1. The highest BCUT2D eigenvalue weighted by Gasteiger charge is 2.02. The molecule has 0 aliphatic heterocycles. The number of allylic oxidation sites excluding steroid dienone is 3.